The molecule has 8 heteroatoms. The Morgan fingerprint density at radius 3 is 2.56 bits per heavy atom. The molecule has 1 aromatic carbocycles. The fraction of sp³-hybridized carbons (Fsp3) is 0.579. The zero-order chi connectivity index (χ0) is 19.3. The monoisotopic (exact) mass is 378 g/mol. The first-order valence-corrected chi connectivity index (χ1v) is 9.47. The van der Waals surface area contributed by atoms with Crippen molar-refractivity contribution in [3.8, 4) is 0 Å². The highest BCUT2D eigenvalue weighted by molar-refractivity contribution is 5.96. The van der Waals surface area contributed by atoms with Crippen molar-refractivity contribution in [3.63, 3.8) is 0 Å². The second-order valence-corrected chi connectivity index (χ2v) is 7.25. The Morgan fingerprint density at radius 2 is 1.89 bits per heavy atom. The minimum Gasteiger partial charge on any atom is -0.379 e. The third-order valence-corrected chi connectivity index (χ3v) is 5.54. The second kappa shape index (κ2) is 8.67. The lowest BCUT2D eigenvalue weighted by molar-refractivity contribution is -0.0356. The van der Waals surface area contributed by atoms with Gasteiger partial charge in [0.15, 0.2) is 0 Å². The van der Waals surface area contributed by atoms with E-state index in [0.29, 0.717) is 19.8 Å². The first-order chi connectivity index (χ1) is 13.0. The predicted molar refractivity (Wildman–Crippen MR) is 100 cm³/mol. The number of halogens is 1. The van der Waals surface area contributed by atoms with E-state index in [0.717, 1.165) is 44.8 Å². The third kappa shape index (κ3) is 4.75. The number of anilines is 1. The van der Waals surface area contributed by atoms with Crippen LogP contribution in [0.5, 0.6) is 0 Å². The number of carbonyl (C=O) groups is 2. The Hall–Kier alpha value is -2.19. The number of rotatable bonds is 5. The van der Waals surface area contributed by atoms with Gasteiger partial charge in [-0.05, 0) is 31.0 Å². The summed E-state index contributed by atoms with van der Waals surface area (Å²) in [6, 6.07) is 3.16. The number of nitrogens with two attached hydrogens (primary N) is 1. The van der Waals surface area contributed by atoms with Gasteiger partial charge in [0.05, 0.1) is 18.9 Å². The van der Waals surface area contributed by atoms with Gasteiger partial charge in [-0.1, -0.05) is 19.3 Å². The minimum absolute atomic E-state index is 0.0622. The SMILES string of the molecule is NC(=O)c1ccc(F)c(NC(=O)NCC2(N3CCOCC3)CCCCC2)c1. The van der Waals surface area contributed by atoms with Gasteiger partial charge in [-0.2, -0.15) is 0 Å². The summed E-state index contributed by atoms with van der Waals surface area (Å²) in [5.74, 6) is -1.29. The number of amides is 3. The summed E-state index contributed by atoms with van der Waals surface area (Å²) in [6.07, 6.45) is 5.53. The molecule has 0 spiro atoms. The molecule has 0 aromatic heterocycles. The molecular weight excluding hydrogens is 351 g/mol. The van der Waals surface area contributed by atoms with Crippen LogP contribution in [0.1, 0.15) is 42.5 Å². The van der Waals surface area contributed by atoms with Crippen molar-refractivity contribution in [2.24, 2.45) is 5.73 Å². The molecule has 2 fully saturated rings. The second-order valence-electron chi connectivity index (χ2n) is 7.25. The number of nitrogens with one attached hydrogen (secondary N) is 2. The van der Waals surface area contributed by atoms with E-state index >= 15 is 0 Å². The molecule has 4 N–H and O–H groups in total. The van der Waals surface area contributed by atoms with E-state index in [4.69, 9.17) is 10.5 Å². The Morgan fingerprint density at radius 1 is 1.19 bits per heavy atom. The zero-order valence-corrected chi connectivity index (χ0v) is 15.4. The standard InChI is InChI=1S/C19H27FN4O3/c20-15-5-4-14(17(21)25)12-16(15)23-18(26)22-13-19(6-2-1-3-7-19)24-8-10-27-11-9-24/h4-5,12H,1-3,6-11,13H2,(H2,21,25)(H2,22,23,26). The fourth-order valence-electron chi connectivity index (χ4n) is 4.04. The fourth-order valence-corrected chi connectivity index (χ4v) is 4.04. The molecule has 7 nitrogen and oxygen atoms in total. The molecule has 1 saturated carbocycles. The van der Waals surface area contributed by atoms with Gasteiger partial charge < -0.3 is 21.1 Å². The van der Waals surface area contributed by atoms with Crippen LogP contribution >= 0.6 is 0 Å². The molecule has 3 rings (SSSR count). The summed E-state index contributed by atoms with van der Waals surface area (Å²) in [7, 11) is 0. The summed E-state index contributed by atoms with van der Waals surface area (Å²) in [4.78, 5) is 26.0. The summed E-state index contributed by atoms with van der Waals surface area (Å²) in [6.45, 7) is 3.63. The third-order valence-electron chi connectivity index (χ3n) is 5.54. The number of carbonyl (C=O) groups excluding carboxylic acids is 2. The van der Waals surface area contributed by atoms with Crippen molar-refractivity contribution >= 4 is 17.6 Å². The molecule has 148 valence electrons. The maximum atomic E-state index is 13.9. The summed E-state index contributed by atoms with van der Waals surface area (Å²) >= 11 is 0. The average Bonchev–Trinajstić information content (AvgIpc) is 2.69. The predicted octanol–water partition coefficient (Wildman–Crippen LogP) is 2.08. The first kappa shape index (κ1) is 19.6. The van der Waals surface area contributed by atoms with Crippen LogP contribution in [-0.4, -0.2) is 55.2 Å². The number of urea groups is 1. The van der Waals surface area contributed by atoms with Crippen molar-refractivity contribution in [2.45, 2.75) is 37.6 Å². The highest BCUT2D eigenvalue weighted by atomic mass is 19.1. The van der Waals surface area contributed by atoms with Gasteiger partial charge in [0.2, 0.25) is 5.91 Å². The number of primary amides is 1. The number of nitrogens with zero attached hydrogens (tertiary/aromatic N) is 1. The summed E-state index contributed by atoms with van der Waals surface area (Å²) in [5.41, 5.74) is 5.22. The van der Waals surface area contributed by atoms with Crippen molar-refractivity contribution in [3.05, 3.63) is 29.6 Å². The van der Waals surface area contributed by atoms with E-state index in [1.165, 1.54) is 18.6 Å². The molecule has 3 amide bonds. The van der Waals surface area contributed by atoms with Crippen LogP contribution < -0.4 is 16.4 Å². The average molecular weight is 378 g/mol. The zero-order valence-electron chi connectivity index (χ0n) is 15.4. The molecule has 1 aliphatic carbocycles. The lowest BCUT2D eigenvalue weighted by Gasteiger charge is -2.48. The smallest absolute Gasteiger partial charge is 0.319 e. The molecule has 27 heavy (non-hydrogen) atoms. The molecule has 1 aromatic rings. The van der Waals surface area contributed by atoms with Crippen molar-refractivity contribution in [2.75, 3.05) is 38.2 Å². The number of benzene rings is 1. The first-order valence-electron chi connectivity index (χ1n) is 9.47. The van der Waals surface area contributed by atoms with Crippen LogP contribution in [0.3, 0.4) is 0 Å². The minimum atomic E-state index is -0.674. The lowest BCUT2D eigenvalue weighted by atomic mass is 9.80. The Balaban J connectivity index is 1.64. The van der Waals surface area contributed by atoms with Gasteiger partial charge in [0.25, 0.3) is 0 Å². The van der Waals surface area contributed by atoms with Gasteiger partial charge in [-0.3, -0.25) is 9.69 Å². The van der Waals surface area contributed by atoms with Gasteiger partial charge >= 0.3 is 6.03 Å². The van der Waals surface area contributed by atoms with E-state index < -0.39 is 17.8 Å². The molecule has 1 heterocycles. The molecule has 1 aliphatic heterocycles. The molecule has 1 saturated heterocycles. The van der Waals surface area contributed by atoms with Crippen molar-refractivity contribution in [1.29, 1.82) is 0 Å². The Labute approximate surface area is 158 Å². The van der Waals surface area contributed by atoms with Crippen LogP contribution in [0.2, 0.25) is 0 Å². The van der Waals surface area contributed by atoms with E-state index in [9.17, 15) is 14.0 Å². The van der Waals surface area contributed by atoms with Crippen LogP contribution in [0.25, 0.3) is 0 Å². The topological polar surface area (TPSA) is 96.7 Å². The van der Waals surface area contributed by atoms with Crippen LogP contribution in [0.15, 0.2) is 18.2 Å². The Bertz CT molecular complexity index is 686. The van der Waals surface area contributed by atoms with Gasteiger partial charge in [0, 0.05) is 30.7 Å². The maximum absolute atomic E-state index is 13.9. The van der Waals surface area contributed by atoms with Crippen LogP contribution in [0, 0.1) is 5.82 Å². The molecule has 2 aliphatic rings. The number of morpholine rings is 1. The van der Waals surface area contributed by atoms with Crippen molar-refractivity contribution in [1.82, 2.24) is 10.2 Å². The Kier molecular flexibility index (Phi) is 6.28. The van der Waals surface area contributed by atoms with Crippen LogP contribution in [-0.2, 0) is 4.74 Å². The normalized spacial score (nSPS) is 20.0. The van der Waals surface area contributed by atoms with Gasteiger partial charge in [-0.15, -0.1) is 0 Å². The van der Waals surface area contributed by atoms with Gasteiger partial charge in [0.1, 0.15) is 5.82 Å². The highest BCUT2D eigenvalue weighted by Gasteiger charge is 2.38. The van der Waals surface area contributed by atoms with Crippen molar-refractivity contribution < 1.29 is 18.7 Å². The van der Waals surface area contributed by atoms with E-state index in [1.807, 2.05) is 0 Å². The largest absolute Gasteiger partial charge is 0.379 e. The van der Waals surface area contributed by atoms with E-state index in [2.05, 4.69) is 15.5 Å². The van der Waals surface area contributed by atoms with E-state index in [1.54, 1.807) is 0 Å². The highest BCUT2D eigenvalue weighted by Crippen LogP contribution is 2.33. The maximum Gasteiger partial charge on any atom is 0.319 e. The summed E-state index contributed by atoms with van der Waals surface area (Å²) < 4.78 is 19.4. The van der Waals surface area contributed by atoms with Crippen LogP contribution in [0.4, 0.5) is 14.9 Å². The number of hydrogen-bond acceptors (Lipinski definition) is 4. The van der Waals surface area contributed by atoms with E-state index in [-0.39, 0.29) is 16.8 Å². The molecule has 0 unspecified atom stereocenters. The molecule has 0 atom stereocenters. The lowest BCUT2D eigenvalue weighted by Crippen LogP contribution is -2.60. The van der Waals surface area contributed by atoms with Gasteiger partial charge in [-0.25, -0.2) is 9.18 Å². The molecule has 0 bridgehead atoms. The molecule has 0 radical (unpaired) electrons. The number of ether oxygens (including phenoxy) is 1. The quantitative estimate of drug-likeness (QED) is 0.731. The number of hydrogen-bond donors (Lipinski definition) is 3. The molecular formula is C19H27FN4O3. The summed E-state index contributed by atoms with van der Waals surface area (Å²) in [5, 5.41) is 5.39.